The highest BCUT2D eigenvalue weighted by Gasteiger charge is 2.23. The highest BCUT2D eigenvalue weighted by atomic mass is 16.3. The van der Waals surface area contributed by atoms with E-state index in [9.17, 15) is 0 Å². The summed E-state index contributed by atoms with van der Waals surface area (Å²) in [5.41, 5.74) is 11.2. The summed E-state index contributed by atoms with van der Waals surface area (Å²) < 4.78 is 13.3. The highest BCUT2D eigenvalue weighted by Crippen LogP contribution is 2.46. The quantitative estimate of drug-likeness (QED) is 0.169. The Balaban J connectivity index is 1.12. The predicted molar refractivity (Wildman–Crippen MR) is 240 cm³/mol. The van der Waals surface area contributed by atoms with Gasteiger partial charge in [0.1, 0.15) is 22.3 Å². The van der Waals surface area contributed by atoms with Gasteiger partial charge in [-0.2, -0.15) is 0 Å². The van der Waals surface area contributed by atoms with Crippen molar-refractivity contribution in [3.05, 3.63) is 182 Å². The van der Waals surface area contributed by atoms with Gasteiger partial charge in [-0.3, -0.25) is 0 Å². The zero-order valence-corrected chi connectivity index (χ0v) is 31.0. The van der Waals surface area contributed by atoms with Crippen LogP contribution < -0.4 is 0 Å². The van der Waals surface area contributed by atoms with Gasteiger partial charge in [0.05, 0.1) is 22.3 Å². The first-order chi connectivity index (χ1) is 28.8. The smallest absolute Gasteiger partial charge is 0.161 e. The minimum Gasteiger partial charge on any atom is -0.455 e. The van der Waals surface area contributed by atoms with Crippen molar-refractivity contribution in [1.82, 2.24) is 9.97 Å². The lowest BCUT2D eigenvalue weighted by molar-refractivity contribution is 0.668. The summed E-state index contributed by atoms with van der Waals surface area (Å²) in [6.07, 6.45) is 0. The third-order valence-corrected chi connectivity index (χ3v) is 12.0. The van der Waals surface area contributed by atoms with Crippen molar-refractivity contribution >= 4 is 98.0 Å². The van der Waals surface area contributed by atoms with Crippen molar-refractivity contribution in [2.24, 2.45) is 0 Å². The molecule has 4 aromatic heterocycles. The van der Waals surface area contributed by atoms with Crippen molar-refractivity contribution in [1.29, 1.82) is 0 Å². The van der Waals surface area contributed by atoms with E-state index in [1.807, 2.05) is 30.3 Å². The fourth-order valence-electron chi connectivity index (χ4n) is 9.41. The molecule has 0 aliphatic rings. The largest absolute Gasteiger partial charge is 0.455 e. The summed E-state index contributed by atoms with van der Waals surface area (Å²) in [7, 11) is 0. The van der Waals surface area contributed by atoms with Gasteiger partial charge in [0.15, 0.2) is 5.58 Å². The maximum Gasteiger partial charge on any atom is 0.161 e. The summed E-state index contributed by atoms with van der Waals surface area (Å²) in [5, 5.41) is 13.3. The molecular formula is C54H30N2O2. The Morgan fingerprint density at radius 2 is 0.931 bits per heavy atom. The molecule has 0 amide bonds. The van der Waals surface area contributed by atoms with Crippen molar-refractivity contribution < 1.29 is 8.83 Å². The number of aromatic nitrogens is 2. The van der Waals surface area contributed by atoms with E-state index in [1.165, 1.54) is 21.5 Å². The second kappa shape index (κ2) is 11.8. The van der Waals surface area contributed by atoms with Crippen LogP contribution in [0.25, 0.3) is 132 Å². The Hall–Kier alpha value is -7.82. The van der Waals surface area contributed by atoms with Gasteiger partial charge in [0.2, 0.25) is 0 Å². The van der Waals surface area contributed by atoms with Crippen LogP contribution in [-0.4, -0.2) is 9.97 Å². The molecule has 0 saturated heterocycles. The van der Waals surface area contributed by atoms with Gasteiger partial charge in [-0.25, -0.2) is 9.97 Å². The second-order valence-corrected chi connectivity index (χ2v) is 15.2. The summed E-state index contributed by atoms with van der Waals surface area (Å²) in [4.78, 5) is 11.0. The van der Waals surface area contributed by atoms with Crippen LogP contribution in [0.5, 0.6) is 0 Å². The Labute approximate surface area is 331 Å². The maximum absolute atomic E-state index is 6.70. The minimum absolute atomic E-state index is 0.764. The van der Waals surface area contributed by atoms with Crippen LogP contribution >= 0.6 is 0 Å². The summed E-state index contributed by atoms with van der Waals surface area (Å²) >= 11 is 0. The molecular weight excluding hydrogens is 709 g/mol. The van der Waals surface area contributed by atoms with E-state index < -0.39 is 0 Å². The third-order valence-electron chi connectivity index (χ3n) is 12.0. The zero-order chi connectivity index (χ0) is 37.9. The van der Waals surface area contributed by atoms with E-state index in [4.69, 9.17) is 18.8 Å². The van der Waals surface area contributed by atoms with Gasteiger partial charge >= 0.3 is 0 Å². The highest BCUT2D eigenvalue weighted by molar-refractivity contribution is 6.28. The van der Waals surface area contributed by atoms with Gasteiger partial charge in [0, 0.05) is 54.2 Å². The Bertz CT molecular complexity index is 3860. The molecule has 0 aliphatic heterocycles. The molecule has 268 valence electrons. The van der Waals surface area contributed by atoms with Crippen molar-refractivity contribution in [2.75, 3.05) is 0 Å². The standard InChI is InChI=1S/C54H30N2O2/c1-2-14-32(15-3-1)49-44-30-43(36-19-6-7-21-38(36)47(44)41-26-25-31-13-4-5-18-35(31)51(41)55-49)33-16-12-17-34(29-33)50-48-40-22-9-11-24-46(40)57-53(48)42-28-27-39-37-20-8-10-23-45(37)58-54(39)52(42)56-50/h1-30H. The predicted octanol–water partition coefficient (Wildman–Crippen LogP) is 15.0. The first kappa shape index (κ1) is 31.4. The average molecular weight is 739 g/mol. The van der Waals surface area contributed by atoms with Gasteiger partial charge < -0.3 is 8.83 Å². The molecule has 0 bridgehead atoms. The van der Waals surface area contributed by atoms with Crippen LogP contribution in [-0.2, 0) is 0 Å². The molecule has 58 heavy (non-hydrogen) atoms. The molecule has 0 saturated carbocycles. The SMILES string of the molecule is c1ccc(-c2nc3c4ccccc4ccc3c3c2cc(-c2cccc(-c4nc5c(ccc6c7ccccc7oc65)c5oc6ccccc6c45)c2)c2ccccc23)cc1. The van der Waals surface area contributed by atoms with Crippen LogP contribution in [0.2, 0.25) is 0 Å². The molecule has 0 atom stereocenters. The van der Waals surface area contributed by atoms with E-state index in [-0.39, 0.29) is 0 Å². The molecule has 4 heteroatoms. The number of rotatable bonds is 3. The number of hydrogen-bond donors (Lipinski definition) is 0. The fourth-order valence-corrected chi connectivity index (χ4v) is 9.41. The summed E-state index contributed by atoms with van der Waals surface area (Å²) in [5.74, 6) is 0. The van der Waals surface area contributed by atoms with Crippen molar-refractivity contribution in [3.8, 4) is 33.6 Å². The molecule has 13 rings (SSSR count). The number of hydrogen-bond acceptors (Lipinski definition) is 4. The summed E-state index contributed by atoms with van der Waals surface area (Å²) in [6, 6.07) is 64.3. The number of fused-ring (bicyclic) bond motifs is 16. The number of nitrogens with zero attached hydrogens (tertiary/aromatic N) is 2. The van der Waals surface area contributed by atoms with E-state index >= 15 is 0 Å². The van der Waals surface area contributed by atoms with Gasteiger partial charge in [-0.15, -0.1) is 0 Å². The normalized spacial score (nSPS) is 12.1. The molecule has 4 nitrogen and oxygen atoms in total. The Kier molecular flexibility index (Phi) is 6.41. The average Bonchev–Trinajstić information content (AvgIpc) is 3.88. The van der Waals surface area contributed by atoms with Gasteiger partial charge in [-0.1, -0.05) is 146 Å². The molecule has 0 N–H and O–H groups in total. The lowest BCUT2D eigenvalue weighted by Gasteiger charge is -2.17. The molecule has 0 spiro atoms. The second-order valence-electron chi connectivity index (χ2n) is 15.2. The minimum atomic E-state index is 0.764. The Morgan fingerprint density at radius 1 is 0.310 bits per heavy atom. The number of pyridine rings is 2. The molecule has 0 radical (unpaired) electrons. The molecule has 13 aromatic rings. The first-order valence-corrected chi connectivity index (χ1v) is 19.7. The molecule has 0 fully saturated rings. The van der Waals surface area contributed by atoms with Gasteiger partial charge in [-0.05, 0) is 63.7 Å². The topological polar surface area (TPSA) is 52.1 Å². The monoisotopic (exact) mass is 738 g/mol. The molecule has 4 heterocycles. The lowest BCUT2D eigenvalue weighted by Crippen LogP contribution is -1.94. The van der Waals surface area contributed by atoms with Crippen LogP contribution in [0.4, 0.5) is 0 Å². The van der Waals surface area contributed by atoms with Gasteiger partial charge in [0.25, 0.3) is 0 Å². The van der Waals surface area contributed by atoms with Crippen molar-refractivity contribution in [2.45, 2.75) is 0 Å². The van der Waals surface area contributed by atoms with E-state index in [1.54, 1.807) is 0 Å². The Morgan fingerprint density at radius 3 is 1.79 bits per heavy atom. The van der Waals surface area contributed by atoms with E-state index in [0.717, 1.165) is 110 Å². The molecule has 0 aliphatic carbocycles. The van der Waals surface area contributed by atoms with Crippen LogP contribution in [0.15, 0.2) is 191 Å². The number of furan rings is 2. The zero-order valence-electron chi connectivity index (χ0n) is 31.0. The first-order valence-electron chi connectivity index (χ1n) is 19.7. The maximum atomic E-state index is 6.70. The molecule has 9 aromatic carbocycles. The number of benzene rings is 9. The summed E-state index contributed by atoms with van der Waals surface area (Å²) in [6.45, 7) is 0. The molecule has 0 unspecified atom stereocenters. The van der Waals surface area contributed by atoms with E-state index in [0.29, 0.717) is 0 Å². The lowest BCUT2D eigenvalue weighted by atomic mass is 9.88. The third kappa shape index (κ3) is 4.40. The van der Waals surface area contributed by atoms with Crippen LogP contribution in [0, 0.1) is 0 Å². The van der Waals surface area contributed by atoms with Crippen LogP contribution in [0.3, 0.4) is 0 Å². The number of para-hydroxylation sites is 2. The fraction of sp³-hybridized carbons (Fsp3) is 0. The van der Waals surface area contributed by atoms with E-state index in [2.05, 4.69) is 152 Å². The van der Waals surface area contributed by atoms with Crippen LogP contribution in [0.1, 0.15) is 0 Å². The van der Waals surface area contributed by atoms with Crippen molar-refractivity contribution in [3.63, 3.8) is 0 Å².